The second kappa shape index (κ2) is 5.85. The van der Waals surface area contributed by atoms with Gasteiger partial charge in [0.25, 0.3) is 0 Å². The van der Waals surface area contributed by atoms with Crippen molar-refractivity contribution in [3.8, 4) is 16.9 Å². The topological polar surface area (TPSA) is 44.1 Å². The van der Waals surface area contributed by atoms with Crippen LogP contribution in [0.1, 0.15) is 15.9 Å². The molecule has 0 aliphatic carbocycles. The molecule has 0 amide bonds. The third-order valence-corrected chi connectivity index (χ3v) is 3.47. The Hall–Kier alpha value is -2.88. The van der Waals surface area contributed by atoms with Crippen molar-refractivity contribution in [2.45, 2.75) is 6.92 Å². The summed E-state index contributed by atoms with van der Waals surface area (Å²) in [7, 11) is 1.37. The Morgan fingerprint density at radius 2 is 1.86 bits per heavy atom. The first kappa shape index (κ1) is 14.1. The number of rotatable bonds is 3. The zero-order valence-electron chi connectivity index (χ0n) is 12.5. The van der Waals surface area contributed by atoms with E-state index in [1.54, 1.807) is 16.8 Å². The van der Waals surface area contributed by atoms with Crippen LogP contribution in [-0.2, 0) is 4.74 Å². The van der Waals surface area contributed by atoms with Crippen molar-refractivity contribution in [3.05, 3.63) is 71.9 Å². The van der Waals surface area contributed by atoms with Gasteiger partial charge < -0.3 is 4.74 Å². The average Bonchev–Trinajstić information content (AvgIpc) is 3.05. The second-order valence-corrected chi connectivity index (χ2v) is 5.05. The first-order valence-electron chi connectivity index (χ1n) is 6.99. The summed E-state index contributed by atoms with van der Waals surface area (Å²) in [6, 6.07) is 17.4. The van der Waals surface area contributed by atoms with Crippen molar-refractivity contribution in [1.29, 1.82) is 0 Å². The van der Waals surface area contributed by atoms with Crippen LogP contribution in [0.15, 0.2) is 60.8 Å². The Morgan fingerprint density at radius 1 is 1.09 bits per heavy atom. The van der Waals surface area contributed by atoms with Gasteiger partial charge in [-0.05, 0) is 31.2 Å². The molecule has 3 aromatic rings. The highest BCUT2D eigenvalue weighted by atomic mass is 16.5. The molecule has 0 unspecified atom stereocenters. The lowest BCUT2D eigenvalue weighted by atomic mass is 10.1. The molecule has 4 nitrogen and oxygen atoms in total. The zero-order valence-corrected chi connectivity index (χ0v) is 12.5. The summed E-state index contributed by atoms with van der Waals surface area (Å²) in [6.45, 7) is 2.06. The van der Waals surface area contributed by atoms with Crippen LogP contribution in [0.25, 0.3) is 16.9 Å². The van der Waals surface area contributed by atoms with E-state index in [1.165, 1.54) is 12.7 Å². The third-order valence-electron chi connectivity index (χ3n) is 3.47. The number of aromatic nitrogens is 2. The number of carbonyl (C=O) groups excluding carboxylic acids is 1. The van der Waals surface area contributed by atoms with Gasteiger partial charge in [-0.1, -0.05) is 35.9 Å². The van der Waals surface area contributed by atoms with E-state index in [2.05, 4.69) is 24.2 Å². The molecule has 2 aromatic carbocycles. The highest BCUT2D eigenvalue weighted by molar-refractivity contribution is 5.89. The first-order chi connectivity index (χ1) is 10.7. The van der Waals surface area contributed by atoms with Crippen molar-refractivity contribution in [1.82, 2.24) is 9.78 Å². The SMILES string of the molecule is COC(=O)c1cccc(-n2ccc(-c3ccc(C)cc3)n2)c1. The Kier molecular flexibility index (Phi) is 3.74. The molecule has 0 aliphatic heterocycles. The van der Waals surface area contributed by atoms with Gasteiger partial charge in [0.05, 0.1) is 24.1 Å². The highest BCUT2D eigenvalue weighted by Gasteiger charge is 2.08. The molecular formula is C18H16N2O2. The van der Waals surface area contributed by atoms with Gasteiger partial charge in [-0.25, -0.2) is 9.48 Å². The van der Waals surface area contributed by atoms with Crippen LogP contribution in [0.5, 0.6) is 0 Å². The summed E-state index contributed by atoms with van der Waals surface area (Å²) < 4.78 is 6.50. The van der Waals surface area contributed by atoms with Gasteiger partial charge in [0.1, 0.15) is 0 Å². The van der Waals surface area contributed by atoms with Crippen molar-refractivity contribution < 1.29 is 9.53 Å². The summed E-state index contributed by atoms with van der Waals surface area (Å²) in [5, 5.41) is 4.57. The lowest BCUT2D eigenvalue weighted by Gasteiger charge is -2.04. The fourth-order valence-electron chi connectivity index (χ4n) is 2.24. The largest absolute Gasteiger partial charge is 0.465 e. The molecule has 0 aliphatic rings. The quantitative estimate of drug-likeness (QED) is 0.692. The Balaban J connectivity index is 1.94. The summed E-state index contributed by atoms with van der Waals surface area (Å²) >= 11 is 0. The average molecular weight is 292 g/mol. The Labute approximate surface area is 129 Å². The first-order valence-corrected chi connectivity index (χ1v) is 6.99. The maximum atomic E-state index is 11.6. The van der Waals surface area contributed by atoms with Crippen molar-refractivity contribution in [2.24, 2.45) is 0 Å². The van der Waals surface area contributed by atoms with E-state index in [-0.39, 0.29) is 5.97 Å². The lowest BCUT2D eigenvalue weighted by molar-refractivity contribution is 0.0600. The van der Waals surface area contributed by atoms with Gasteiger partial charge in [0.15, 0.2) is 0 Å². The molecule has 0 atom stereocenters. The van der Waals surface area contributed by atoms with Gasteiger partial charge >= 0.3 is 5.97 Å². The minimum absolute atomic E-state index is 0.354. The predicted octanol–water partition coefficient (Wildman–Crippen LogP) is 3.63. The molecule has 0 N–H and O–H groups in total. The van der Waals surface area contributed by atoms with Gasteiger partial charge in [0.2, 0.25) is 0 Å². The molecule has 0 radical (unpaired) electrons. The summed E-state index contributed by atoms with van der Waals surface area (Å²) in [6.07, 6.45) is 1.88. The van der Waals surface area contributed by atoms with Gasteiger partial charge in [-0.2, -0.15) is 5.10 Å². The normalized spacial score (nSPS) is 10.5. The summed E-state index contributed by atoms with van der Waals surface area (Å²) in [5.74, 6) is -0.354. The Morgan fingerprint density at radius 3 is 2.59 bits per heavy atom. The molecule has 3 rings (SSSR count). The minimum Gasteiger partial charge on any atom is -0.465 e. The lowest BCUT2D eigenvalue weighted by Crippen LogP contribution is -2.03. The maximum absolute atomic E-state index is 11.6. The number of benzene rings is 2. The summed E-state index contributed by atoms with van der Waals surface area (Å²) in [5.41, 5.74) is 4.50. The van der Waals surface area contributed by atoms with E-state index in [1.807, 2.05) is 36.5 Å². The number of hydrogen-bond acceptors (Lipinski definition) is 3. The molecule has 110 valence electrons. The van der Waals surface area contributed by atoms with Crippen LogP contribution in [-0.4, -0.2) is 22.9 Å². The van der Waals surface area contributed by atoms with E-state index in [0.29, 0.717) is 5.56 Å². The number of nitrogens with zero attached hydrogens (tertiary/aromatic N) is 2. The maximum Gasteiger partial charge on any atom is 0.337 e. The van der Waals surface area contributed by atoms with E-state index in [9.17, 15) is 4.79 Å². The molecule has 0 bridgehead atoms. The van der Waals surface area contributed by atoms with Crippen molar-refractivity contribution >= 4 is 5.97 Å². The molecule has 1 heterocycles. The van der Waals surface area contributed by atoms with Crippen LogP contribution < -0.4 is 0 Å². The van der Waals surface area contributed by atoms with Crippen molar-refractivity contribution in [3.63, 3.8) is 0 Å². The molecule has 4 heteroatoms. The predicted molar refractivity (Wildman–Crippen MR) is 85.1 cm³/mol. The molecular weight excluding hydrogens is 276 g/mol. The van der Waals surface area contributed by atoms with E-state index in [0.717, 1.165) is 16.9 Å². The number of aryl methyl sites for hydroxylation is 1. The van der Waals surface area contributed by atoms with Gasteiger partial charge in [0, 0.05) is 11.8 Å². The molecule has 0 saturated carbocycles. The van der Waals surface area contributed by atoms with Crippen molar-refractivity contribution in [2.75, 3.05) is 7.11 Å². The van der Waals surface area contributed by atoms with Gasteiger partial charge in [-0.15, -0.1) is 0 Å². The van der Waals surface area contributed by atoms with Gasteiger partial charge in [-0.3, -0.25) is 0 Å². The second-order valence-electron chi connectivity index (χ2n) is 5.05. The highest BCUT2D eigenvalue weighted by Crippen LogP contribution is 2.19. The molecule has 0 saturated heterocycles. The van der Waals surface area contributed by atoms with Crippen LogP contribution in [0, 0.1) is 6.92 Å². The number of hydrogen-bond donors (Lipinski definition) is 0. The molecule has 0 spiro atoms. The third kappa shape index (κ3) is 2.76. The van der Waals surface area contributed by atoms with E-state index < -0.39 is 0 Å². The monoisotopic (exact) mass is 292 g/mol. The number of esters is 1. The molecule has 1 aromatic heterocycles. The fraction of sp³-hybridized carbons (Fsp3) is 0.111. The smallest absolute Gasteiger partial charge is 0.337 e. The Bertz CT molecular complexity index is 804. The van der Waals surface area contributed by atoms with Crippen LogP contribution >= 0.6 is 0 Å². The molecule has 22 heavy (non-hydrogen) atoms. The standard InChI is InChI=1S/C18H16N2O2/c1-13-6-8-14(9-7-13)17-10-11-20(19-17)16-5-3-4-15(12-16)18(21)22-2/h3-12H,1-2H3. The number of carbonyl (C=O) groups is 1. The molecule has 0 fully saturated rings. The number of ether oxygens (including phenoxy) is 1. The van der Waals surface area contributed by atoms with Crippen LogP contribution in [0.2, 0.25) is 0 Å². The van der Waals surface area contributed by atoms with Crippen LogP contribution in [0.3, 0.4) is 0 Å². The minimum atomic E-state index is -0.354. The zero-order chi connectivity index (χ0) is 15.5. The van der Waals surface area contributed by atoms with Crippen LogP contribution in [0.4, 0.5) is 0 Å². The number of methoxy groups -OCH3 is 1. The van der Waals surface area contributed by atoms with E-state index >= 15 is 0 Å². The fourth-order valence-corrected chi connectivity index (χ4v) is 2.24. The summed E-state index contributed by atoms with van der Waals surface area (Å²) in [4.78, 5) is 11.6. The van der Waals surface area contributed by atoms with E-state index in [4.69, 9.17) is 4.74 Å².